The third-order valence-corrected chi connectivity index (χ3v) is 4.96. The summed E-state index contributed by atoms with van der Waals surface area (Å²) in [5.74, 6) is 2.15. The second kappa shape index (κ2) is 6.78. The average Bonchev–Trinajstić information content (AvgIpc) is 2.98. The fourth-order valence-corrected chi connectivity index (χ4v) is 3.41. The van der Waals surface area contributed by atoms with E-state index in [0.29, 0.717) is 18.0 Å². The van der Waals surface area contributed by atoms with Crippen LogP contribution in [0.25, 0.3) is 22.3 Å². The number of rotatable bonds is 4. The Bertz CT molecular complexity index is 854. The van der Waals surface area contributed by atoms with Crippen LogP contribution < -0.4 is 16.2 Å². The number of benzene rings is 2. The van der Waals surface area contributed by atoms with Gasteiger partial charge in [-0.2, -0.15) is 0 Å². The summed E-state index contributed by atoms with van der Waals surface area (Å²) < 4.78 is 0. The molecule has 0 spiro atoms. The predicted molar refractivity (Wildman–Crippen MR) is 102 cm³/mol. The first kappa shape index (κ1) is 16.0. The molecule has 4 rings (SSSR count). The Hall–Kier alpha value is -2.50. The van der Waals surface area contributed by atoms with Crippen molar-refractivity contribution in [1.29, 1.82) is 0 Å². The van der Waals surface area contributed by atoms with Crippen molar-refractivity contribution >= 4 is 16.7 Å². The maximum atomic E-state index is 4.82. The van der Waals surface area contributed by atoms with Crippen molar-refractivity contribution in [3.8, 4) is 11.4 Å². The lowest BCUT2D eigenvalue weighted by Crippen LogP contribution is -2.30. The number of hydrogen-bond donors (Lipinski definition) is 3. The molecule has 5 nitrogen and oxygen atoms in total. The molecule has 1 aliphatic rings. The lowest BCUT2D eigenvalue weighted by molar-refractivity contribution is 0.466. The summed E-state index contributed by atoms with van der Waals surface area (Å²) in [5, 5.41) is 4.63. The largest absolute Gasteiger partial charge is 0.369 e. The average molecular weight is 333 g/mol. The van der Waals surface area contributed by atoms with Crippen molar-refractivity contribution in [2.24, 2.45) is 5.92 Å². The third-order valence-electron chi connectivity index (χ3n) is 4.96. The van der Waals surface area contributed by atoms with Crippen molar-refractivity contribution in [1.82, 2.24) is 20.8 Å². The minimum atomic E-state index is 0.421. The van der Waals surface area contributed by atoms with Crippen molar-refractivity contribution in [2.75, 3.05) is 11.9 Å². The van der Waals surface area contributed by atoms with Gasteiger partial charge in [0.1, 0.15) is 5.82 Å². The number of fused-ring (bicyclic) bond motifs is 1. The number of anilines is 1. The number of nitrogens with zero attached hydrogens (tertiary/aromatic N) is 2. The van der Waals surface area contributed by atoms with Gasteiger partial charge in [0.25, 0.3) is 0 Å². The molecule has 0 aliphatic carbocycles. The highest BCUT2D eigenvalue weighted by molar-refractivity contribution is 5.90. The molecule has 0 amide bonds. The summed E-state index contributed by atoms with van der Waals surface area (Å²) in [6.45, 7) is 5.27. The minimum Gasteiger partial charge on any atom is -0.369 e. The van der Waals surface area contributed by atoms with Crippen LogP contribution in [0, 0.1) is 5.92 Å². The molecule has 2 atom stereocenters. The Balaban J connectivity index is 1.69. The Labute approximate surface area is 147 Å². The van der Waals surface area contributed by atoms with Crippen LogP contribution in [-0.4, -0.2) is 28.6 Å². The molecule has 3 N–H and O–H groups in total. The molecule has 1 aromatic heterocycles. The van der Waals surface area contributed by atoms with Gasteiger partial charge in [-0.15, -0.1) is 0 Å². The van der Waals surface area contributed by atoms with Crippen LogP contribution in [0.3, 0.4) is 0 Å². The second-order valence-electron chi connectivity index (χ2n) is 6.69. The first-order chi connectivity index (χ1) is 12.2. The Kier molecular flexibility index (Phi) is 4.34. The quantitative estimate of drug-likeness (QED) is 0.684. The molecule has 2 unspecified atom stereocenters. The van der Waals surface area contributed by atoms with Crippen LogP contribution in [-0.2, 0) is 0 Å². The minimum absolute atomic E-state index is 0.421. The first-order valence-electron chi connectivity index (χ1n) is 8.79. The first-order valence-corrected chi connectivity index (χ1v) is 8.79. The van der Waals surface area contributed by atoms with E-state index in [1.54, 1.807) is 0 Å². The van der Waals surface area contributed by atoms with Crippen molar-refractivity contribution in [3.05, 3.63) is 54.6 Å². The van der Waals surface area contributed by atoms with E-state index in [1.165, 1.54) is 0 Å². The van der Waals surface area contributed by atoms with Gasteiger partial charge >= 0.3 is 0 Å². The zero-order valence-electron chi connectivity index (χ0n) is 14.5. The van der Waals surface area contributed by atoms with Gasteiger partial charge in [0.05, 0.1) is 5.52 Å². The molecular formula is C20H23N5. The zero-order valence-corrected chi connectivity index (χ0v) is 14.5. The van der Waals surface area contributed by atoms with Crippen molar-refractivity contribution in [3.63, 3.8) is 0 Å². The Morgan fingerprint density at radius 2 is 1.56 bits per heavy atom. The summed E-state index contributed by atoms with van der Waals surface area (Å²) in [4.78, 5) is 9.56. The van der Waals surface area contributed by atoms with Gasteiger partial charge in [0, 0.05) is 35.5 Å². The number of hydrazine groups is 1. The fraction of sp³-hybridized carbons (Fsp3) is 0.300. The van der Waals surface area contributed by atoms with E-state index < -0.39 is 0 Å². The van der Waals surface area contributed by atoms with Gasteiger partial charge < -0.3 is 5.32 Å². The van der Waals surface area contributed by atoms with E-state index in [9.17, 15) is 0 Å². The Morgan fingerprint density at radius 3 is 2.32 bits per heavy atom. The summed E-state index contributed by atoms with van der Waals surface area (Å²) >= 11 is 0. The lowest BCUT2D eigenvalue weighted by Gasteiger charge is -2.19. The number of aromatic nitrogens is 2. The highest BCUT2D eigenvalue weighted by Crippen LogP contribution is 2.25. The van der Waals surface area contributed by atoms with E-state index in [0.717, 1.165) is 34.7 Å². The van der Waals surface area contributed by atoms with Crippen molar-refractivity contribution in [2.45, 2.75) is 25.9 Å². The molecule has 2 heterocycles. The van der Waals surface area contributed by atoms with E-state index in [2.05, 4.69) is 36.1 Å². The molecule has 0 radical (unpaired) electrons. The highest BCUT2D eigenvalue weighted by atomic mass is 15.4. The molecule has 5 heteroatoms. The van der Waals surface area contributed by atoms with Gasteiger partial charge in [-0.1, -0.05) is 42.5 Å². The summed E-state index contributed by atoms with van der Waals surface area (Å²) in [6, 6.07) is 19.1. The normalized spacial score (nSPS) is 23.0. The van der Waals surface area contributed by atoms with E-state index in [1.807, 2.05) is 48.5 Å². The maximum Gasteiger partial charge on any atom is 0.162 e. The van der Waals surface area contributed by atoms with Gasteiger partial charge in [0.2, 0.25) is 0 Å². The van der Waals surface area contributed by atoms with Crippen LogP contribution in [0.1, 0.15) is 13.8 Å². The molecule has 1 aliphatic heterocycles. The molecule has 128 valence electrons. The summed E-state index contributed by atoms with van der Waals surface area (Å²) in [6.07, 6.45) is 0. The second-order valence-corrected chi connectivity index (χ2v) is 6.69. The van der Waals surface area contributed by atoms with E-state index >= 15 is 0 Å². The summed E-state index contributed by atoms with van der Waals surface area (Å²) in [7, 11) is 0. The Morgan fingerprint density at radius 1 is 0.880 bits per heavy atom. The van der Waals surface area contributed by atoms with Crippen molar-refractivity contribution < 1.29 is 0 Å². The molecule has 25 heavy (non-hydrogen) atoms. The zero-order chi connectivity index (χ0) is 17.2. The smallest absolute Gasteiger partial charge is 0.162 e. The van der Waals surface area contributed by atoms with E-state index in [4.69, 9.17) is 9.97 Å². The number of para-hydroxylation sites is 1. The maximum absolute atomic E-state index is 4.82. The molecule has 1 saturated heterocycles. The number of nitrogens with one attached hydrogen (secondary N) is 3. The molecule has 0 bridgehead atoms. The molecular weight excluding hydrogens is 310 g/mol. The fourth-order valence-electron chi connectivity index (χ4n) is 3.41. The van der Waals surface area contributed by atoms with Crippen LogP contribution in [0.4, 0.5) is 5.82 Å². The SMILES string of the molecule is CC1NNC(C)C1CNc1nc(-c2ccccc2)nc2ccccc12. The standard InChI is InChI=1S/C20H23N5/c1-13-17(14(2)25-24-13)12-21-20-16-10-6-7-11-18(16)22-19(23-20)15-8-4-3-5-9-15/h3-11,13-14,17,24-25H,12H2,1-2H3,(H,21,22,23). The van der Waals surface area contributed by atoms with Crippen LogP contribution in [0.2, 0.25) is 0 Å². The van der Waals surface area contributed by atoms with Gasteiger partial charge in [-0.25, -0.2) is 9.97 Å². The molecule has 3 aromatic rings. The van der Waals surface area contributed by atoms with Crippen LogP contribution >= 0.6 is 0 Å². The van der Waals surface area contributed by atoms with Gasteiger partial charge in [0.15, 0.2) is 5.82 Å². The van der Waals surface area contributed by atoms with Crippen LogP contribution in [0.5, 0.6) is 0 Å². The van der Waals surface area contributed by atoms with Gasteiger partial charge in [-0.05, 0) is 26.0 Å². The molecule has 2 aromatic carbocycles. The highest BCUT2D eigenvalue weighted by Gasteiger charge is 2.29. The lowest BCUT2D eigenvalue weighted by atomic mass is 9.97. The summed E-state index contributed by atoms with van der Waals surface area (Å²) in [5.41, 5.74) is 8.61. The monoisotopic (exact) mass is 333 g/mol. The molecule has 0 saturated carbocycles. The molecule has 1 fully saturated rings. The third kappa shape index (κ3) is 3.21. The topological polar surface area (TPSA) is 61.9 Å². The predicted octanol–water partition coefficient (Wildman–Crippen LogP) is 3.21. The van der Waals surface area contributed by atoms with E-state index in [-0.39, 0.29) is 0 Å². The number of hydrogen-bond acceptors (Lipinski definition) is 5. The van der Waals surface area contributed by atoms with Crippen LogP contribution in [0.15, 0.2) is 54.6 Å². The van der Waals surface area contributed by atoms with Gasteiger partial charge in [-0.3, -0.25) is 10.9 Å².